The highest BCUT2D eigenvalue weighted by molar-refractivity contribution is 5.99. The number of aromatic nitrogens is 1. The molecule has 35 heavy (non-hydrogen) atoms. The van der Waals surface area contributed by atoms with Crippen molar-refractivity contribution in [2.45, 2.75) is 25.4 Å². The summed E-state index contributed by atoms with van der Waals surface area (Å²) in [5.74, 6) is 6.12. The molecule has 1 fully saturated rings. The number of ether oxygens (including phenoxy) is 1. The number of nitrogens with one attached hydrogen (secondary N) is 2. The molecule has 2 aromatic carbocycles. The van der Waals surface area contributed by atoms with E-state index in [1.807, 2.05) is 42.5 Å². The van der Waals surface area contributed by atoms with E-state index in [4.69, 9.17) is 4.74 Å². The van der Waals surface area contributed by atoms with Crippen LogP contribution in [0.2, 0.25) is 0 Å². The molecule has 0 saturated carbocycles. The number of nitrogens with zero attached hydrogens (tertiary/aromatic N) is 2. The van der Waals surface area contributed by atoms with Gasteiger partial charge >= 0.3 is 0 Å². The maximum Gasteiger partial charge on any atom is 0.255 e. The lowest BCUT2D eigenvalue weighted by atomic mass is 10.0. The fourth-order valence-corrected chi connectivity index (χ4v) is 4.48. The fraction of sp³-hybridized carbons (Fsp3) is 0.345. The Morgan fingerprint density at radius 2 is 1.97 bits per heavy atom. The van der Waals surface area contributed by atoms with E-state index in [9.17, 15) is 4.79 Å². The van der Waals surface area contributed by atoms with Crippen molar-refractivity contribution in [2.75, 3.05) is 45.2 Å². The highest BCUT2D eigenvalue weighted by Crippen LogP contribution is 2.22. The predicted octanol–water partition coefficient (Wildman–Crippen LogP) is 4.13. The van der Waals surface area contributed by atoms with Crippen LogP contribution in [0.5, 0.6) is 0 Å². The molecule has 0 spiro atoms. The van der Waals surface area contributed by atoms with Crippen LogP contribution in [0.15, 0.2) is 67.3 Å². The maximum absolute atomic E-state index is 12.6. The van der Waals surface area contributed by atoms with Gasteiger partial charge in [0.2, 0.25) is 0 Å². The van der Waals surface area contributed by atoms with Gasteiger partial charge in [-0.2, -0.15) is 0 Å². The van der Waals surface area contributed by atoms with E-state index in [0.717, 1.165) is 62.2 Å². The summed E-state index contributed by atoms with van der Waals surface area (Å²) in [6.07, 6.45) is 3.63. The minimum Gasteiger partial charge on any atom is -0.383 e. The van der Waals surface area contributed by atoms with Gasteiger partial charge in [0.15, 0.2) is 0 Å². The lowest BCUT2D eigenvalue weighted by Gasteiger charge is -2.32. The number of fused-ring (bicyclic) bond motifs is 1. The number of hydrogen-bond acceptors (Lipinski definition) is 5. The van der Waals surface area contributed by atoms with Gasteiger partial charge in [0.1, 0.15) is 5.69 Å². The number of para-hydroxylation sites is 1. The number of carbonyl (C=O) groups is 1. The zero-order chi connectivity index (χ0) is 24.5. The van der Waals surface area contributed by atoms with Gasteiger partial charge in [0.05, 0.1) is 18.7 Å². The molecule has 6 nitrogen and oxygen atoms in total. The first-order valence-corrected chi connectivity index (χ1v) is 12.2. The van der Waals surface area contributed by atoms with Gasteiger partial charge in [-0.25, -0.2) is 0 Å². The van der Waals surface area contributed by atoms with Gasteiger partial charge < -0.3 is 20.3 Å². The molecule has 0 aliphatic carbocycles. The van der Waals surface area contributed by atoms with Crippen molar-refractivity contribution in [1.82, 2.24) is 14.8 Å². The summed E-state index contributed by atoms with van der Waals surface area (Å²) in [7, 11) is 1.76. The molecular weight excluding hydrogens is 436 g/mol. The second-order valence-corrected chi connectivity index (χ2v) is 8.81. The number of allylic oxidation sites excluding steroid dienone is 1. The van der Waals surface area contributed by atoms with Crippen molar-refractivity contribution in [3.8, 4) is 11.8 Å². The first-order valence-electron chi connectivity index (χ1n) is 12.2. The van der Waals surface area contributed by atoms with E-state index in [2.05, 4.69) is 46.1 Å². The maximum atomic E-state index is 12.6. The van der Waals surface area contributed by atoms with Gasteiger partial charge in [-0.1, -0.05) is 36.8 Å². The molecule has 1 saturated heterocycles. The number of hydrogen-bond donors (Lipinski definition) is 2. The molecule has 1 aromatic heterocycles. The number of piperidine rings is 1. The van der Waals surface area contributed by atoms with Gasteiger partial charge in [0, 0.05) is 37.3 Å². The van der Waals surface area contributed by atoms with E-state index in [0.29, 0.717) is 18.3 Å². The number of anilines is 1. The molecule has 2 heterocycles. The van der Waals surface area contributed by atoms with Crippen LogP contribution in [0.1, 0.15) is 28.9 Å². The van der Waals surface area contributed by atoms with Crippen LogP contribution in [-0.4, -0.2) is 61.3 Å². The molecule has 6 heteroatoms. The summed E-state index contributed by atoms with van der Waals surface area (Å²) in [6.45, 7) is 8.98. The second-order valence-electron chi connectivity index (χ2n) is 8.81. The van der Waals surface area contributed by atoms with Crippen molar-refractivity contribution in [2.24, 2.45) is 0 Å². The molecule has 1 aliphatic rings. The van der Waals surface area contributed by atoms with E-state index < -0.39 is 0 Å². The third-order valence-electron chi connectivity index (χ3n) is 6.43. The summed E-state index contributed by atoms with van der Waals surface area (Å²) >= 11 is 0. The van der Waals surface area contributed by atoms with E-state index >= 15 is 0 Å². The summed E-state index contributed by atoms with van der Waals surface area (Å²) in [4.78, 5) is 15.1. The lowest BCUT2D eigenvalue weighted by Crippen LogP contribution is -2.43. The van der Waals surface area contributed by atoms with Crippen molar-refractivity contribution < 1.29 is 9.53 Å². The summed E-state index contributed by atoms with van der Waals surface area (Å²) in [5, 5.41) is 7.99. The van der Waals surface area contributed by atoms with Gasteiger partial charge in [-0.15, -0.1) is 0 Å². The molecule has 1 aliphatic heterocycles. The van der Waals surface area contributed by atoms with Crippen molar-refractivity contribution >= 4 is 22.5 Å². The predicted molar refractivity (Wildman–Crippen MR) is 143 cm³/mol. The largest absolute Gasteiger partial charge is 0.383 e. The average Bonchev–Trinajstić information content (AvgIpc) is 3.27. The average molecular weight is 471 g/mol. The second kappa shape index (κ2) is 12.4. The Morgan fingerprint density at radius 1 is 1.17 bits per heavy atom. The lowest BCUT2D eigenvalue weighted by molar-refractivity contribution is 0.0973. The van der Waals surface area contributed by atoms with E-state index in [1.54, 1.807) is 11.7 Å². The zero-order valence-corrected chi connectivity index (χ0v) is 20.4. The zero-order valence-electron chi connectivity index (χ0n) is 20.4. The minimum atomic E-state index is -0.175. The Hall–Kier alpha value is -3.37. The Morgan fingerprint density at radius 3 is 2.71 bits per heavy atom. The Bertz CT molecular complexity index is 1200. The normalized spacial score (nSPS) is 14.4. The first kappa shape index (κ1) is 24.7. The van der Waals surface area contributed by atoms with Crippen LogP contribution in [0.3, 0.4) is 0 Å². The number of methoxy groups -OCH3 is 1. The highest BCUT2D eigenvalue weighted by Gasteiger charge is 2.18. The topological polar surface area (TPSA) is 58.5 Å². The minimum absolute atomic E-state index is 0.175. The van der Waals surface area contributed by atoms with Crippen LogP contribution in [0.25, 0.3) is 10.9 Å². The van der Waals surface area contributed by atoms with Crippen molar-refractivity contribution in [3.63, 3.8) is 0 Å². The molecule has 0 radical (unpaired) electrons. The van der Waals surface area contributed by atoms with E-state index in [1.165, 1.54) is 11.6 Å². The molecule has 0 bridgehead atoms. The number of carbonyl (C=O) groups excluding carboxylic acids is 1. The van der Waals surface area contributed by atoms with Gasteiger partial charge in [-0.3, -0.25) is 9.36 Å². The van der Waals surface area contributed by atoms with Gasteiger partial charge in [0.25, 0.3) is 5.91 Å². The quantitative estimate of drug-likeness (QED) is 0.364. The van der Waals surface area contributed by atoms with Crippen molar-refractivity contribution in [3.05, 3.63) is 78.5 Å². The standard InChI is InChI=1S/C29H34N4O2/c1-3-29(34)33-27(10-7-15-30-25-8-5-4-6-9-25)21-24-20-23(11-12-28(24)33)22-31-26-13-16-32(17-14-26)18-19-35-2/h3-6,8-9,11-12,20-21,26,30-31H,1,13-19,22H2,2H3. The van der Waals surface area contributed by atoms with E-state index in [-0.39, 0.29) is 5.91 Å². The van der Waals surface area contributed by atoms with Crippen LogP contribution >= 0.6 is 0 Å². The number of likely N-dealkylation sites (tertiary alicyclic amines) is 1. The monoisotopic (exact) mass is 470 g/mol. The molecule has 4 rings (SSSR count). The third kappa shape index (κ3) is 6.61. The fourth-order valence-electron chi connectivity index (χ4n) is 4.48. The Labute approximate surface area is 208 Å². The summed E-state index contributed by atoms with van der Waals surface area (Å²) < 4.78 is 6.84. The van der Waals surface area contributed by atoms with Crippen LogP contribution < -0.4 is 10.6 Å². The summed E-state index contributed by atoms with van der Waals surface area (Å²) in [6, 6.07) is 18.7. The molecular formula is C29H34N4O2. The first-order chi connectivity index (χ1) is 17.2. The number of benzene rings is 2. The molecule has 3 aromatic rings. The SMILES string of the molecule is C=CC(=O)n1c(C#CCNc2ccccc2)cc2cc(CNC3CCN(CCOC)CC3)ccc21. The number of rotatable bonds is 9. The van der Waals surface area contributed by atoms with Crippen LogP contribution in [-0.2, 0) is 11.3 Å². The smallest absolute Gasteiger partial charge is 0.255 e. The molecule has 2 N–H and O–H groups in total. The third-order valence-corrected chi connectivity index (χ3v) is 6.43. The van der Waals surface area contributed by atoms with Crippen molar-refractivity contribution in [1.29, 1.82) is 0 Å². The Kier molecular flexibility index (Phi) is 8.74. The molecule has 0 amide bonds. The molecule has 0 atom stereocenters. The molecule has 0 unspecified atom stereocenters. The molecule has 182 valence electrons. The highest BCUT2D eigenvalue weighted by atomic mass is 16.5. The van der Waals surface area contributed by atoms with Gasteiger partial charge in [-0.05, 0) is 73.8 Å². The van der Waals surface area contributed by atoms with Crippen LogP contribution in [0.4, 0.5) is 5.69 Å². The Balaban J connectivity index is 1.41. The summed E-state index contributed by atoms with van der Waals surface area (Å²) in [5.41, 5.74) is 3.74. The van der Waals surface area contributed by atoms with Crippen LogP contribution in [0, 0.1) is 11.8 Å².